The van der Waals surface area contributed by atoms with Gasteiger partial charge in [0.05, 0.1) is 11.6 Å². The topological polar surface area (TPSA) is 238 Å². The number of phenolic OH excluding ortho intramolecular Hbond substituents is 6. The molecule has 14 heteroatoms. The van der Waals surface area contributed by atoms with Crippen molar-refractivity contribution < 1.29 is 69.4 Å². The van der Waals surface area contributed by atoms with Gasteiger partial charge < -0.3 is 60.2 Å². The van der Waals surface area contributed by atoms with Crippen molar-refractivity contribution in [2.45, 2.75) is 30.7 Å². The van der Waals surface area contributed by atoms with E-state index in [-0.39, 0.29) is 39.5 Å². The third-order valence-corrected chi connectivity index (χ3v) is 6.77. The Kier molecular flexibility index (Phi) is 8.33. The number of hydrogen-bond donors (Lipinski definition) is 9. The van der Waals surface area contributed by atoms with Gasteiger partial charge in [0.2, 0.25) is 12.0 Å². The lowest BCUT2D eigenvalue weighted by molar-refractivity contribution is -0.278. The Hall–Kier alpha value is -5.28. The van der Waals surface area contributed by atoms with E-state index in [1.165, 1.54) is 48.5 Å². The van der Waals surface area contributed by atoms with Crippen molar-refractivity contribution in [2.24, 2.45) is 0 Å². The Bertz CT molecular complexity index is 1740. The van der Waals surface area contributed by atoms with E-state index in [1.54, 1.807) is 0 Å². The van der Waals surface area contributed by atoms with Gasteiger partial charge in [-0.05, 0) is 35.9 Å². The maximum atomic E-state index is 12.3. The normalized spacial score (nSPS) is 21.8. The molecule has 0 radical (unpaired) electrons. The van der Waals surface area contributed by atoms with Crippen molar-refractivity contribution in [3.63, 3.8) is 0 Å². The van der Waals surface area contributed by atoms with E-state index in [4.69, 9.17) is 18.6 Å². The fraction of sp³-hybridized carbons (Fsp3) is 0.200. The molecule has 5 atom stereocenters. The smallest absolute Gasteiger partial charge is 0.402 e. The SMILES string of the molecule is O=C(C=Cc1ccc(O)c(O)c1)OCC1OC(Oc2cc3c(O)cc(O)cc3[o+]c2-c2ccc(O)c(O)c2)C(O)C(O)C1O. The summed E-state index contributed by atoms with van der Waals surface area (Å²) in [4.78, 5) is 12.3. The third-order valence-electron chi connectivity index (χ3n) is 6.77. The third kappa shape index (κ3) is 6.23. The van der Waals surface area contributed by atoms with Gasteiger partial charge >= 0.3 is 17.3 Å². The number of esters is 1. The standard InChI is InChI=1S/C30H26O14/c31-15-9-19(34)16-11-23(29(42-22(16)10-15)14-3-5-18(33)21(36)8-14)43-30-28(40)27(39)26(38)24(44-30)12-41-25(37)6-2-13-1-4-17(32)20(35)7-13/h1-11,24,26-28,30,38-40H,12H2,(H5-,31,32,33,34,35,36,37)/p+1. The van der Waals surface area contributed by atoms with E-state index < -0.39 is 66.3 Å². The summed E-state index contributed by atoms with van der Waals surface area (Å²) in [7, 11) is 0. The fourth-order valence-corrected chi connectivity index (χ4v) is 4.44. The molecule has 44 heavy (non-hydrogen) atoms. The zero-order chi connectivity index (χ0) is 31.7. The number of aliphatic hydroxyl groups excluding tert-OH is 3. The van der Waals surface area contributed by atoms with E-state index >= 15 is 0 Å². The van der Waals surface area contributed by atoms with Crippen LogP contribution in [0.3, 0.4) is 0 Å². The molecule has 1 fully saturated rings. The van der Waals surface area contributed by atoms with Crippen LogP contribution in [0.25, 0.3) is 28.4 Å². The van der Waals surface area contributed by atoms with Crippen LogP contribution in [0.1, 0.15) is 5.56 Å². The number of aliphatic hydroxyl groups is 3. The van der Waals surface area contributed by atoms with Crippen LogP contribution in [0.4, 0.5) is 0 Å². The van der Waals surface area contributed by atoms with Crippen LogP contribution in [-0.4, -0.2) is 89.2 Å². The highest BCUT2D eigenvalue weighted by Gasteiger charge is 2.46. The zero-order valence-electron chi connectivity index (χ0n) is 22.5. The largest absolute Gasteiger partial charge is 0.507 e. The highest BCUT2D eigenvalue weighted by molar-refractivity contribution is 5.89. The molecule has 5 rings (SSSR count). The predicted molar refractivity (Wildman–Crippen MR) is 150 cm³/mol. The van der Waals surface area contributed by atoms with E-state index in [0.717, 1.165) is 18.2 Å². The van der Waals surface area contributed by atoms with Crippen LogP contribution in [0.2, 0.25) is 0 Å². The monoisotopic (exact) mass is 611 g/mol. The summed E-state index contributed by atoms with van der Waals surface area (Å²) in [6.45, 7) is -0.588. The molecule has 0 amide bonds. The predicted octanol–water partition coefficient (Wildman–Crippen LogP) is 2.06. The molecule has 1 aliphatic heterocycles. The second-order valence-electron chi connectivity index (χ2n) is 9.86. The van der Waals surface area contributed by atoms with Crippen LogP contribution in [0.5, 0.6) is 40.2 Å². The molecule has 9 N–H and O–H groups in total. The summed E-state index contributed by atoms with van der Waals surface area (Å²) < 4.78 is 22.5. The lowest BCUT2D eigenvalue weighted by Crippen LogP contribution is -2.60. The highest BCUT2D eigenvalue weighted by Crippen LogP contribution is 2.42. The van der Waals surface area contributed by atoms with Gasteiger partial charge in [0.25, 0.3) is 0 Å². The summed E-state index contributed by atoms with van der Waals surface area (Å²) in [6.07, 6.45) is -6.13. The lowest BCUT2D eigenvalue weighted by atomic mass is 9.99. The fourth-order valence-electron chi connectivity index (χ4n) is 4.44. The minimum absolute atomic E-state index is 0.00153. The second-order valence-corrected chi connectivity index (χ2v) is 9.86. The number of hydrogen-bond acceptors (Lipinski definition) is 13. The minimum atomic E-state index is -1.83. The molecule has 0 aliphatic carbocycles. The van der Waals surface area contributed by atoms with Gasteiger partial charge in [-0.2, -0.15) is 0 Å². The Labute approximate surface area is 247 Å². The first-order valence-corrected chi connectivity index (χ1v) is 13.0. The van der Waals surface area contributed by atoms with Crippen molar-refractivity contribution in [3.8, 4) is 51.6 Å². The number of carbonyl (C=O) groups excluding carboxylic acids is 1. The van der Waals surface area contributed by atoms with Gasteiger partial charge in [-0.25, -0.2) is 9.21 Å². The van der Waals surface area contributed by atoms with Crippen molar-refractivity contribution >= 4 is 23.0 Å². The summed E-state index contributed by atoms with van der Waals surface area (Å²) >= 11 is 0. The summed E-state index contributed by atoms with van der Waals surface area (Å²) in [5, 5.41) is 90.8. The first-order valence-electron chi connectivity index (χ1n) is 13.0. The van der Waals surface area contributed by atoms with E-state index in [1.807, 2.05) is 0 Å². The van der Waals surface area contributed by atoms with Gasteiger partial charge in [0, 0.05) is 24.3 Å². The molecule has 230 valence electrons. The number of aromatic hydroxyl groups is 6. The van der Waals surface area contributed by atoms with Crippen molar-refractivity contribution in [2.75, 3.05) is 6.61 Å². The maximum Gasteiger partial charge on any atom is 0.402 e. The number of ether oxygens (including phenoxy) is 3. The summed E-state index contributed by atoms with van der Waals surface area (Å²) in [5.41, 5.74) is 0.529. The second kappa shape index (κ2) is 12.1. The Morgan fingerprint density at radius 2 is 1.50 bits per heavy atom. The molecule has 0 saturated carbocycles. The van der Waals surface area contributed by atoms with Crippen LogP contribution < -0.4 is 4.74 Å². The van der Waals surface area contributed by atoms with Crippen molar-refractivity contribution in [3.05, 3.63) is 66.2 Å². The van der Waals surface area contributed by atoms with Gasteiger partial charge in [-0.15, -0.1) is 0 Å². The molecule has 1 aromatic heterocycles. The molecule has 4 aromatic rings. The maximum absolute atomic E-state index is 12.3. The van der Waals surface area contributed by atoms with E-state index in [9.17, 15) is 50.8 Å². The van der Waals surface area contributed by atoms with Gasteiger partial charge in [-0.1, -0.05) is 6.07 Å². The number of fused-ring (bicyclic) bond motifs is 1. The Morgan fingerprint density at radius 3 is 2.20 bits per heavy atom. The number of benzene rings is 3. The van der Waals surface area contributed by atoms with E-state index in [0.29, 0.717) is 5.56 Å². The molecular formula is C30H27O14+. The average Bonchev–Trinajstić information content (AvgIpc) is 2.98. The molecule has 1 saturated heterocycles. The lowest BCUT2D eigenvalue weighted by Gasteiger charge is -2.39. The summed E-state index contributed by atoms with van der Waals surface area (Å²) in [6, 6.07) is 11.1. The number of rotatable bonds is 7. The first-order chi connectivity index (χ1) is 20.9. The molecule has 1 aliphatic rings. The quantitative estimate of drug-likeness (QED) is 0.0629. The molecule has 0 bridgehead atoms. The van der Waals surface area contributed by atoms with Crippen molar-refractivity contribution in [1.82, 2.24) is 0 Å². The van der Waals surface area contributed by atoms with Gasteiger partial charge in [0.15, 0.2) is 23.0 Å². The van der Waals surface area contributed by atoms with Crippen LogP contribution in [-0.2, 0) is 14.3 Å². The molecular weight excluding hydrogens is 584 g/mol. The Balaban J connectivity index is 1.39. The van der Waals surface area contributed by atoms with Crippen LogP contribution >= 0.6 is 0 Å². The molecule has 0 spiro atoms. The van der Waals surface area contributed by atoms with Crippen LogP contribution in [0.15, 0.2) is 65.1 Å². The number of phenols is 6. The van der Waals surface area contributed by atoms with Crippen LogP contribution in [0, 0.1) is 0 Å². The molecule has 14 nitrogen and oxygen atoms in total. The summed E-state index contributed by atoms with van der Waals surface area (Å²) in [5.74, 6) is -3.55. The Morgan fingerprint density at radius 1 is 0.795 bits per heavy atom. The molecule has 3 aromatic carbocycles. The average molecular weight is 612 g/mol. The number of carbonyl (C=O) groups is 1. The van der Waals surface area contributed by atoms with E-state index in [2.05, 4.69) is 0 Å². The highest BCUT2D eigenvalue weighted by atomic mass is 16.7. The molecule has 2 heterocycles. The van der Waals surface area contributed by atoms with Gasteiger partial charge in [0.1, 0.15) is 47.9 Å². The van der Waals surface area contributed by atoms with Crippen molar-refractivity contribution in [1.29, 1.82) is 0 Å². The zero-order valence-corrected chi connectivity index (χ0v) is 22.5. The first kappa shape index (κ1) is 30.2. The van der Waals surface area contributed by atoms with Gasteiger partial charge in [-0.3, -0.25) is 0 Å². The molecule has 5 unspecified atom stereocenters. The minimum Gasteiger partial charge on any atom is -0.507 e.